The van der Waals surface area contributed by atoms with Crippen molar-refractivity contribution in [3.8, 4) is 0 Å². The van der Waals surface area contributed by atoms with Gasteiger partial charge in [0.15, 0.2) is 5.82 Å². The van der Waals surface area contributed by atoms with E-state index < -0.39 is 5.54 Å². The Morgan fingerprint density at radius 3 is 2.72 bits per heavy atom. The van der Waals surface area contributed by atoms with E-state index in [9.17, 15) is 9.18 Å². The maximum atomic E-state index is 13.0. The predicted molar refractivity (Wildman–Crippen MR) is 88.3 cm³/mol. The van der Waals surface area contributed by atoms with Crippen LogP contribution in [0.3, 0.4) is 0 Å². The van der Waals surface area contributed by atoms with Gasteiger partial charge in [-0.2, -0.15) is 4.98 Å². The second kappa shape index (κ2) is 6.22. The molecule has 0 radical (unpaired) electrons. The van der Waals surface area contributed by atoms with Crippen LogP contribution in [0.4, 0.5) is 4.39 Å². The smallest absolute Gasteiger partial charge is 0.253 e. The van der Waals surface area contributed by atoms with Crippen LogP contribution < -0.4 is 5.73 Å². The first-order chi connectivity index (χ1) is 12.0. The number of likely N-dealkylation sites (tertiary alicyclic amines) is 1. The lowest BCUT2D eigenvalue weighted by Gasteiger charge is -2.34. The van der Waals surface area contributed by atoms with Crippen molar-refractivity contribution in [2.45, 2.75) is 43.6 Å². The minimum absolute atomic E-state index is 0.0167. The van der Waals surface area contributed by atoms with Crippen molar-refractivity contribution in [1.82, 2.24) is 15.0 Å². The zero-order chi connectivity index (χ0) is 17.4. The molecular formula is C18H21FN4O2. The molecule has 7 heteroatoms. The van der Waals surface area contributed by atoms with Gasteiger partial charge in [0.25, 0.3) is 5.91 Å². The molecule has 1 amide bonds. The second-order valence-electron chi connectivity index (χ2n) is 7.06. The summed E-state index contributed by atoms with van der Waals surface area (Å²) in [5.41, 5.74) is 6.30. The Balaban J connectivity index is 1.47. The van der Waals surface area contributed by atoms with Crippen LogP contribution in [0.15, 0.2) is 28.8 Å². The van der Waals surface area contributed by atoms with Crippen molar-refractivity contribution < 1.29 is 13.7 Å². The summed E-state index contributed by atoms with van der Waals surface area (Å²) in [5.74, 6) is 0.707. The van der Waals surface area contributed by atoms with E-state index in [1.54, 1.807) is 4.90 Å². The zero-order valence-corrected chi connectivity index (χ0v) is 13.9. The third-order valence-corrected chi connectivity index (χ3v) is 5.28. The van der Waals surface area contributed by atoms with E-state index in [-0.39, 0.29) is 17.6 Å². The highest BCUT2D eigenvalue weighted by Gasteiger charge is 2.40. The number of aromatic nitrogens is 2. The maximum Gasteiger partial charge on any atom is 0.253 e. The van der Waals surface area contributed by atoms with Crippen molar-refractivity contribution in [3.63, 3.8) is 0 Å². The van der Waals surface area contributed by atoms with Crippen LogP contribution in [-0.2, 0) is 5.54 Å². The Morgan fingerprint density at radius 1 is 1.28 bits per heavy atom. The van der Waals surface area contributed by atoms with Crippen molar-refractivity contribution in [2.75, 3.05) is 13.1 Å². The molecule has 1 aliphatic carbocycles. The van der Waals surface area contributed by atoms with Gasteiger partial charge in [-0.1, -0.05) is 5.16 Å². The molecule has 1 aromatic heterocycles. The van der Waals surface area contributed by atoms with Crippen LogP contribution in [-0.4, -0.2) is 34.0 Å². The highest BCUT2D eigenvalue weighted by Crippen LogP contribution is 2.38. The van der Waals surface area contributed by atoms with Gasteiger partial charge in [-0.05, 0) is 56.4 Å². The van der Waals surface area contributed by atoms with Gasteiger partial charge in [0.05, 0.1) is 11.5 Å². The summed E-state index contributed by atoms with van der Waals surface area (Å²) in [6.07, 6.45) is 4.61. The number of nitrogens with two attached hydrogens (primary N) is 1. The lowest BCUT2D eigenvalue weighted by Crippen LogP contribution is -2.44. The van der Waals surface area contributed by atoms with Crippen molar-refractivity contribution in [1.29, 1.82) is 0 Å². The minimum atomic E-state index is -0.444. The summed E-state index contributed by atoms with van der Waals surface area (Å²) < 4.78 is 18.5. The maximum absolute atomic E-state index is 13.0. The number of carbonyl (C=O) groups is 1. The number of benzene rings is 1. The van der Waals surface area contributed by atoms with Crippen LogP contribution in [0.5, 0.6) is 0 Å². The quantitative estimate of drug-likeness (QED) is 0.925. The van der Waals surface area contributed by atoms with Crippen LogP contribution in [0, 0.1) is 5.82 Å². The molecule has 4 rings (SSSR count). The molecule has 1 aliphatic heterocycles. The molecule has 132 valence electrons. The molecule has 1 saturated heterocycles. The second-order valence-corrected chi connectivity index (χ2v) is 7.06. The van der Waals surface area contributed by atoms with Gasteiger partial charge in [0.1, 0.15) is 5.82 Å². The Labute approximate surface area is 145 Å². The van der Waals surface area contributed by atoms with Gasteiger partial charge in [-0.3, -0.25) is 4.79 Å². The molecule has 1 saturated carbocycles. The average molecular weight is 344 g/mol. The first-order valence-corrected chi connectivity index (χ1v) is 8.73. The van der Waals surface area contributed by atoms with Crippen LogP contribution in [0.2, 0.25) is 0 Å². The Bertz CT molecular complexity index is 770. The van der Waals surface area contributed by atoms with Crippen molar-refractivity contribution in [2.24, 2.45) is 5.73 Å². The fraction of sp³-hybridized carbons (Fsp3) is 0.500. The number of hydrogen-bond acceptors (Lipinski definition) is 5. The monoisotopic (exact) mass is 344 g/mol. The van der Waals surface area contributed by atoms with Gasteiger partial charge >= 0.3 is 0 Å². The summed E-state index contributed by atoms with van der Waals surface area (Å²) in [5, 5.41) is 4.07. The molecule has 2 heterocycles. The third-order valence-electron chi connectivity index (χ3n) is 5.28. The molecule has 1 aromatic carbocycles. The largest absolute Gasteiger partial charge is 0.339 e. The van der Waals surface area contributed by atoms with Crippen molar-refractivity contribution in [3.05, 3.63) is 47.4 Å². The highest BCUT2D eigenvalue weighted by atomic mass is 19.1. The molecule has 2 fully saturated rings. The lowest BCUT2D eigenvalue weighted by atomic mass is 9.77. The molecule has 0 bridgehead atoms. The summed E-state index contributed by atoms with van der Waals surface area (Å²) in [6.45, 7) is 1.20. The zero-order valence-electron chi connectivity index (χ0n) is 13.9. The summed E-state index contributed by atoms with van der Waals surface area (Å²) >= 11 is 0. The SMILES string of the molecule is NC1(c2noc(C3CCCN(C(=O)c4ccc(F)cc4)C3)n2)CCC1. The molecule has 25 heavy (non-hydrogen) atoms. The van der Waals surface area contributed by atoms with Gasteiger partial charge < -0.3 is 15.2 Å². The van der Waals surface area contributed by atoms with Gasteiger partial charge in [-0.15, -0.1) is 0 Å². The molecule has 2 N–H and O–H groups in total. The molecule has 1 atom stereocenters. The number of halogens is 1. The number of carbonyl (C=O) groups excluding carboxylic acids is 1. The van der Waals surface area contributed by atoms with E-state index >= 15 is 0 Å². The Kier molecular flexibility index (Phi) is 4.03. The average Bonchev–Trinajstić information content (AvgIpc) is 3.10. The third kappa shape index (κ3) is 3.04. The van der Waals surface area contributed by atoms with E-state index in [4.69, 9.17) is 10.3 Å². The van der Waals surface area contributed by atoms with Crippen LogP contribution in [0.1, 0.15) is 60.1 Å². The lowest BCUT2D eigenvalue weighted by molar-refractivity contribution is 0.0695. The van der Waals surface area contributed by atoms with Gasteiger partial charge in [0.2, 0.25) is 5.89 Å². The number of rotatable bonds is 3. The molecular weight excluding hydrogens is 323 g/mol. The van der Waals surface area contributed by atoms with Crippen molar-refractivity contribution >= 4 is 5.91 Å². The fourth-order valence-corrected chi connectivity index (χ4v) is 3.52. The first-order valence-electron chi connectivity index (χ1n) is 8.73. The van der Waals surface area contributed by atoms with Gasteiger partial charge in [-0.25, -0.2) is 4.39 Å². The standard InChI is InChI=1S/C18H21FN4O2/c19-14-6-4-12(5-7-14)16(24)23-10-1-3-13(11-23)15-21-17(22-25-15)18(20)8-2-9-18/h4-7,13H,1-3,8-11,20H2. The first kappa shape index (κ1) is 16.2. The van der Waals surface area contributed by atoms with Crippen LogP contribution >= 0.6 is 0 Å². The Hall–Kier alpha value is -2.28. The Morgan fingerprint density at radius 2 is 2.04 bits per heavy atom. The van der Waals surface area contributed by atoms with E-state index in [2.05, 4.69) is 10.1 Å². The molecule has 2 aliphatic rings. The minimum Gasteiger partial charge on any atom is -0.339 e. The summed E-state index contributed by atoms with van der Waals surface area (Å²) in [6, 6.07) is 5.64. The number of hydrogen-bond donors (Lipinski definition) is 1. The summed E-state index contributed by atoms with van der Waals surface area (Å²) in [4.78, 5) is 18.9. The van der Waals surface area contributed by atoms with Crippen LogP contribution in [0.25, 0.3) is 0 Å². The molecule has 1 unspecified atom stereocenters. The number of nitrogens with zero attached hydrogens (tertiary/aromatic N) is 3. The number of amides is 1. The molecule has 2 aromatic rings. The summed E-state index contributed by atoms with van der Waals surface area (Å²) in [7, 11) is 0. The van der Waals surface area contributed by atoms with E-state index in [1.807, 2.05) is 0 Å². The fourth-order valence-electron chi connectivity index (χ4n) is 3.52. The highest BCUT2D eigenvalue weighted by molar-refractivity contribution is 5.94. The van der Waals surface area contributed by atoms with Gasteiger partial charge in [0, 0.05) is 18.7 Å². The molecule has 6 nitrogen and oxygen atoms in total. The normalized spacial score (nSPS) is 22.5. The predicted octanol–water partition coefficient (Wildman–Crippen LogP) is 2.57. The van der Waals surface area contributed by atoms with E-state index in [0.717, 1.165) is 32.1 Å². The number of piperidine rings is 1. The topological polar surface area (TPSA) is 85.2 Å². The van der Waals surface area contributed by atoms with E-state index in [1.165, 1.54) is 24.3 Å². The van der Waals surface area contributed by atoms with E-state index in [0.29, 0.717) is 30.4 Å². The molecule has 0 spiro atoms.